The maximum absolute atomic E-state index is 12.4. The molecule has 1 aromatic rings. The van der Waals surface area contributed by atoms with Crippen LogP contribution >= 0.6 is 11.3 Å². The molecule has 1 saturated heterocycles. The molecule has 6 heteroatoms. The van der Waals surface area contributed by atoms with E-state index >= 15 is 0 Å². The number of hydrogen-bond acceptors (Lipinski definition) is 3. The van der Waals surface area contributed by atoms with Gasteiger partial charge in [0, 0.05) is 26.7 Å². The molecule has 2 rings (SSSR count). The molecule has 1 atom stereocenters. The number of carboxylic acid groups (broad SMARTS) is 1. The Morgan fingerprint density at radius 3 is 2.86 bits per heavy atom. The van der Waals surface area contributed by atoms with Crippen LogP contribution in [0, 0.1) is 5.41 Å². The Morgan fingerprint density at radius 1 is 1.52 bits per heavy atom. The molecule has 0 radical (unpaired) electrons. The lowest BCUT2D eigenvalue weighted by molar-refractivity contribution is -0.148. The Kier molecular flexibility index (Phi) is 4.88. The average Bonchev–Trinajstić information content (AvgIpc) is 3.08. The van der Waals surface area contributed by atoms with Gasteiger partial charge in [0.2, 0.25) is 0 Å². The fraction of sp³-hybridized carbons (Fsp3) is 0.600. The maximum Gasteiger partial charge on any atom is 0.320 e. The molecule has 116 valence electrons. The number of rotatable bonds is 5. The quantitative estimate of drug-likeness (QED) is 0.909. The van der Waals surface area contributed by atoms with Crippen LogP contribution in [0.25, 0.3) is 0 Å². The van der Waals surface area contributed by atoms with E-state index in [2.05, 4.69) is 0 Å². The molecule has 0 aromatic carbocycles. The first-order valence-corrected chi connectivity index (χ1v) is 8.17. The second-order valence-corrected chi connectivity index (χ2v) is 6.56. The standard InChI is InChI=1S/C15H22N2O3S/c1-3-5-15(13(18)19)6-7-17(11-15)14(20)16(2)9-12-4-8-21-10-12/h4,8,10H,3,5-7,9,11H2,1-2H3,(H,18,19). The van der Waals surface area contributed by atoms with Crippen molar-refractivity contribution in [2.75, 3.05) is 20.1 Å². The molecule has 2 amide bonds. The van der Waals surface area contributed by atoms with Gasteiger partial charge in [0.15, 0.2) is 0 Å². The highest BCUT2D eigenvalue weighted by molar-refractivity contribution is 7.07. The number of carboxylic acids is 1. The van der Waals surface area contributed by atoms with E-state index in [0.29, 0.717) is 32.5 Å². The van der Waals surface area contributed by atoms with E-state index in [-0.39, 0.29) is 6.03 Å². The van der Waals surface area contributed by atoms with Crippen LogP contribution in [0.3, 0.4) is 0 Å². The molecule has 0 spiro atoms. The molecule has 0 bridgehead atoms. The fourth-order valence-corrected chi connectivity index (χ4v) is 3.63. The number of nitrogens with zero attached hydrogens (tertiary/aromatic N) is 2. The van der Waals surface area contributed by atoms with E-state index in [0.717, 1.165) is 12.0 Å². The van der Waals surface area contributed by atoms with Gasteiger partial charge in [0.05, 0.1) is 5.41 Å². The normalized spacial score (nSPS) is 21.5. The zero-order valence-corrected chi connectivity index (χ0v) is 13.4. The van der Waals surface area contributed by atoms with Crippen molar-refractivity contribution < 1.29 is 14.7 Å². The molecule has 2 heterocycles. The molecule has 1 aliphatic heterocycles. The Bertz CT molecular complexity index is 503. The Labute approximate surface area is 129 Å². The highest BCUT2D eigenvalue weighted by Crippen LogP contribution is 2.36. The summed E-state index contributed by atoms with van der Waals surface area (Å²) in [4.78, 5) is 27.3. The summed E-state index contributed by atoms with van der Waals surface area (Å²) >= 11 is 1.61. The molecule has 5 nitrogen and oxygen atoms in total. The molecule has 1 aromatic heterocycles. The number of amides is 2. The van der Waals surface area contributed by atoms with E-state index < -0.39 is 11.4 Å². The zero-order valence-electron chi connectivity index (χ0n) is 12.5. The summed E-state index contributed by atoms with van der Waals surface area (Å²) in [5, 5.41) is 13.5. The van der Waals surface area contributed by atoms with Gasteiger partial charge in [-0.2, -0.15) is 11.3 Å². The number of hydrogen-bond donors (Lipinski definition) is 1. The van der Waals surface area contributed by atoms with Crippen molar-refractivity contribution in [1.82, 2.24) is 9.80 Å². The Morgan fingerprint density at radius 2 is 2.29 bits per heavy atom. The molecular weight excluding hydrogens is 288 g/mol. The van der Waals surface area contributed by atoms with E-state index in [1.54, 1.807) is 28.2 Å². The van der Waals surface area contributed by atoms with Gasteiger partial charge in [-0.25, -0.2) is 4.79 Å². The minimum Gasteiger partial charge on any atom is -0.481 e. The highest BCUT2D eigenvalue weighted by atomic mass is 32.1. The van der Waals surface area contributed by atoms with Gasteiger partial charge in [-0.05, 0) is 35.2 Å². The lowest BCUT2D eigenvalue weighted by atomic mass is 9.83. The third-order valence-corrected chi connectivity index (χ3v) is 4.86. The molecule has 1 aliphatic rings. The number of carbonyl (C=O) groups is 2. The highest BCUT2D eigenvalue weighted by Gasteiger charge is 2.45. The van der Waals surface area contributed by atoms with E-state index in [1.807, 2.05) is 23.8 Å². The molecule has 0 aliphatic carbocycles. The summed E-state index contributed by atoms with van der Waals surface area (Å²) in [5.74, 6) is -0.778. The van der Waals surface area contributed by atoms with Crippen LogP contribution in [0.5, 0.6) is 0 Å². The van der Waals surface area contributed by atoms with Crippen molar-refractivity contribution in [3.63, 3.8) is 0 Å². The third-order valence-electron chi connectivity index (χ3n) is 4.13. The summed E-state index contributed by atoms with van der Waals surface area (Å²) in [6.45, 7) is 3.40. The first-order valence-electron chi connectivity index (χ1n) is 7.23. The number of likely N-dealkylation sites (tertiary alicyclic amines) is 1. The summed E-state index contributed by atoms with van der Waals surface area (Å²) < 4.78 is 0. The predicted octanol–water partition coefficient (Wildman–Crippen LogP) is 2.88. The second kappa shape index (κ2) is 6.47. The molecule has 1 unspecified atom stereocenters. The van der Waals surface area contributed by atoms with Crippen LogP contribution in [0.1, 0.15) is 31.7 Å². The van der Waals surface area contributed by atoms with E-state index in [9.17, 15) is 14.7 Å². The van der Waals surface area contributed by atoms with Crippen LogP contribution in [0.2, 0.25) is 0 Å². The van der Waals surface area contributed by atoms with Gasteiger partial charge < -0.3 is 14.9 Å². The summed E-state index contributed by atoms with van der Waals surface area (Å²) in [6, 6.07) is 1.91. The number of carbonyl (C=O) groups excluding carboxylic acids is 1. The van der Waals surface area contributed by atoms with Gasteiger partial charge in [0.25, 0.3) is 0 Å². The van der Waals surface area contributed by atoms with Crippen LogP contribution in [-0.4, -0.2) is 47.0 Å². The van der Waals surface area contributed by atoms with Crippen LogP contribution in [0.15, 0.2) is 16.8 Å². The summed E-state index contributed by atoms with van der Waals surface area (Å²) in [5.41, 5.74) is 0.348. The topological polar surface area (TPSA) is 60.9 Å². The van der Waals surface area contributed by atoms with Crippen molar-refractivity contribution >= 4 is 23.3 Å². The molecule has 1 fully saturated rings. The average molecular weight is 310 g/mol. The first kappa shape index (κ1) is 15.8. The van der Waals surface area contributed by atoms with E-state index in [1.165, 1.54) is 0 Å². The lowest BCUT2D eigenvalue weighted by Crippen LogP contribution is -2.42. The largest absolute Gasteiger partial charge is 0.481 e. The number of aliphatic carboxylic acids is 1. The monoisotopic (exact) mass is 310 g/mol. The predicted molar refractivity (Wildman–Crippen MR) is 82.3 cm³/mol. The second-order valence-electron chi connectivity index (χ2n) is 5.78. The van der Waals surface area contributed by atoms with E-state index in [4.69, 9.17) is 0 Å². The van der Waals surface area contributed by atoms with Crippen molar-refractivity contribution in [2.45, 2.75) is 32.7 Å². The lowest BCUT2D eigenvalue weighted by Gasteiger charge is -2.27. The third kappa shape index (κ3) is 3.37. The van der Waals surface area contributed by atoms with Gasteiger partial charge in [-0.1, -0.05) is 13.3 Å². The SMILES string of the molecule is CCCC1(C(=O)O)CCN(C(=O)N(C)Cc2ccsc2)C1. The summed E-state index contributed by atoms with van der Waals surface area (Å²) in [6.07, 6.45) is 1.99. The minimum absolute atomic E-state index is 0.0829. The van der Waals surface area contributed by atoms with Gasteiger partial charge >= 0.3 is 12.0 Å². The molecule has 0 saturated carbocycles. The fourth-order valence-electron chi connectivity index (χ4n) is 2.97. The minimum atomic E-state index is -0.778. The molecule has 1 N–H and O–H groups in total. The first-order chi connectivity index (χ1) is 9.98. The van der Waals surface area contributed by atoms with Crippen LogP contribution in [0.4, 0.5) is 4.79 Å². The molecule has 21 heavy (non-hydrogen) atoms. The number of thiophene rings is 1. The zero-order chi connectivity index (χ0) is 15.5. The molecular formula is C15H22N2O3S. The van der Waals surface area contributed by atoms with Gasteiger partial charge in [-0.3, -0.25) is 4.79 Å². The Hall–Kier alpha value is -1.56. The van der Waals surface area contributed by atoms with Crippen molar-refractivity contribution in [2.24, 2.45) is 5.41 Å². The van der Waals surface area contributed by atoms with Crippen LogP contribution in [-0.2, 0) is 11.3 Å². The van der Waals surface area contributed by atoms with Crippen molar-refractivity contribution in [3.8, 4) is 0 Å². The Balaban J connectivity index is 1.99. The van der Waals surface area contributed by atoms with Crippen LogP contribution < -0.4 is 0 Å². The van der Waals surface area contributed by atoms with Gasteiger partial charge in [0.1, 0.15) is 0 Å². The maximum atomic E-state index is 12.4. The number of urea groups is 1. The smallest absolute Gasteiger partial charge is 0.320 e. The van der Waals surface area contributed by atoms with Crippen molar-refractivity contribution in [3.05, 3.63) is 22.4 Å². The van der Waals surface area contributed by atoms with Crippen molar-refractivity contribution in [1.29, 1.82) is 0 Å². The van der Waals surface area contributed by atoms with Gasteiger partial charge in [-0.15, -0.1) is 0 Å². The summed E-state index contributed by atoms with van der Waals surface area (Å²) in [7, 11) is 1.76.